The molecular formula is C19H16N4O2S. The molecule has 1 N–H and O–H groups in total. The van der Waals surface area contributed by atoms with Crippen molar-refractivity contribution < 1.29 is 9.21 Å². The van der Waals surface area contributed by atoms with Gasteiger partial charge >= 0.3 is 0 Å². The van der Waals surface area contributed by atoms with E-state index in [2.05, 4.69) is 15.4 Å². The molecule has 1 aromatic carbocycles. The minimum Gasteiger partial charge on any atom is -0.462 e. The van der Waals surface area contributed by atoms with Crippen LogP contribution in [-0.4, -0.2) is 27.2 Å². The fourth-order valence-corrected chi connectivity index (χ4v) is 3.31. The Morgan fingerprint density at radius 1 is 1.19 bits per heavy atom. The quantitative estimate of drug-likeness (QED) is 0.568. The first kappa shape index (κ1) is 16.3. The third-order valence-corrected chi connectivity index (χ3v) is 4.73. The molecule has 0 aliphatic carbocycles. The zero-order valence-electron chi connectivity index (χ0n) is 13.8. The zero-order valence-corrected chi connectivity index (χ0v) is 14.6. The Hall–Kier alpha value is -3.19. The monoisotopic (exact) mass is 364 g/mol. The maximum Gasteiger partial charge on any atom is 0.270 e. The second-order valence-corrected chi connectivity index (χ2v) is 6.50. The largest absolute Gasteiger partial charge is 0.462 e. The van der Waals surface area contributed by atoms with Crippen LogP contribution in [-0.2, 0) is 6.42 Å². The molecule has 26 heavy (non-hydrogen) atoms. The predicted octanol–water partition coefficient (Wildman–Crippen LogP) is 3.56. The molecule has 0 bridgehead atoms. The van der Waals surface area contributed by atoms with Crippen LogP contribution < -0.4 is 5.32 Å². The molecule has 6 nitrogen and oxygen atoms in total. The van der Waals surface area contributed by atoms with Gasteiger partial charge in [0.25, 0.3) is 5.91 Å². The first-order chi connectivity index (χ1) is 12.8. The number of nitrogens with zero attached hydrogens (tertiary/aromatic N) is 3. The molecule has 4 rings (SSSR count). The van der Waals surface area contributed by atoms with Crippen molar-refractivity contribution >= 4 is 17.2 Å². The van der Waals surface area contributed by atoms with Crippen molar-refractivity contribution in [3.05, 3.63) is 77.8 Å². The molecule has 0 atom stereocenters. The lowest BCUT2D eigenvalue weighted by Gasteiger charge is -2.05. The summed E-state index contributed by atoms with van der Waals surface area (Å²) < 4.78 is 7.11. The van der Waals surface area contributed by atoms with Crippen LogP contribution in [0.25, 0.3) is 16.5 Å². The second-order valence-electron chi connectivity index (χ2n) is 5.64. The average Bonchev–Trinajstić information content (AvgIpc) is 3.44. The van der Waals surface area contributed by atoms with Crippen LogP contribution >= 0.6 is 11.3 Å². The molecule has 130 valence electrons. The van der Waals surface area contributed by atoms with Gasteiger partial charge in [-0.3, -0.25) is 4.79 Å². The third kappa shape index (κ3) is 3.57. The SMILES string of the molecule is O=C(NCCc1ccc(-n2cccn2)cc1)c1csc(-c2ccco2)n1. The summed E-state index contributed by atoms with van der Waals surface area (Å²) in [7, 11) is 0. The molecule has 0 aliphatic rings. The van der Waals surface area contributed by atoms with Gasteiger partial charge in [-0.25, -0.2) is 9.67 Å². The number of hydrogen-bond acceptors (Lipinski definition) is 5. The van der Waals surface area contributed by atoms with Crippen molar-refractivity contribution in [2.24, 2.45) is 0 Å². The Balaban J connectivity index is 1.31. The number of thiazole rings is 1. The van der Waals surface area contributed by atoms with Crippen LogP contribution in [0.1, 0.15) is 16.1 Å². The van der Waals surface area contributed by atoms with Crippen molar-refractivity contribution in [3.8, 4) is 16.5 Å². The summed E-state index contributed by atoms with van der Waals surface area (Å²) in [4.78, 5) is 16.5. The Morgan fingerprint density at radius 3 is 2.81 bits per heavy atom. The Bertz CT molecular complexity index is 973. The fourth-order valence-electron chi connectivity index (χ4n) is 2.54. The molecule has 0 fully saturated rings. The fraction of sp³-hybridized carbons (Fsp3) is 0.105. The number of aromatic nitrogens is 3. The number of carbonyl (C=O) groups excluding carboxylic acids is 1. The van der Waals surface area contributed by atoms with Crippen LogP contribution in [0.5, 0.6) is 0 Å². The summed E-state index contributed by atoms with van der Waals surface area (Å²) in [5, 5.41) is 9.55. The van der Waals surface area contributed by atoms with Crippen LogP contribution in [0.3, 0.4) is 0 Å². The first-order valence-corrected chi connectivity index (χ1v) is 9.04. The molecule has 1 amide bonds. The molecule has 0 spiro atoms. The van der Waals surface area contributed by atoms with Gasteiger partial charge in [-0.1, -0.05) is 12.1 Å². The van der Waals surface area contributed by atoms with E-state index in [1.165, 1.54) is 11.3 Å². The van der Waals surface area contributed by atoms with E-state index in [9.17, 15) is 4.79 Å². The van der Waals surface area contributed by atoms with Gasteiger partial charge in [-0.15, -0.1) is 11.3 Å². The zero-order chi connectivity index (χ0) is 17.8. The van der Waals surface area contributed by atoms with E-state index in [4.69, 9.17) is 4.42 Å². The molecule has 0 radical (unpaired) electrons. The van der Waals surface area contributed by atoms with Crippen molar-refractivity contribution in [1.82, 2.24) is 20.1 Å². The maximum atomic E-state index is 12.2. The van der Waals surface area contributed by atoms with E-state index in [-0.39, 0.29) is 5.91 Å². The van der Waals surface area contributed by atoms with E-state index in [1.807, 2.05) is 47.3 Å². The summed E-state index contributed by atoms with van der Waals surface area (Å²) in [5.41, 5.74) is 2.57. The van der Waals surface area contributed by atoms with E-state index in [0.717, 1.165) is 17.7 Å². The summed E-state index contributed by atoms with van der Waals surface area (Å²) in [5.74, 6) is 0.499. The highest BCUT2D eigenvalue weighted by molar-refractivity contribution is 7.13. The van der Waals surface area contributed by atoms with Crippen molar-refractivity contribution in [3.63, 3.8) is 0 Å². The van der Waals surface area contributed by atoms with Gasteiger partial charge in [-0.2, -0.15) is 5.10 Å². The van der Waals surface area contributed by atoms with Crippen molar-refractivity contribution in [2.45, 2.75) is 6.42 Å². The second kappa shape index (κ2) is 7.37. The number of amides is 1. The van der Waals surface area contributed by atoms with E-state index >= 15 is 0 Å². The van der Waals surface area contributed by atoms with Gasteiger partial charge in [0, 0.05) is 24.3 Å². The Kier molecular flexibility index (Phi) is 4.61. The van der Waals surface area contributed by atoms with E-state index in [0.29, 0.717) is 23.0 Å². The molecule has 7 heteroatoms. The van der Waals surface area contributed by atoms with Gasteiger partial charge in [0.15, 0.2) is 10.8 Å². The molecule has 0 saturated carbocycles. The number of nitrogens with one attached hydrogen (secondary N) is 1. The van der Waals surface area contributed by atoms with Gasteiger partial charge in [0.05, 0.1) is 12.0 Å². The summed E-state index contributed by atoms with van der Waals surface area (Å²) >= 11 is 1.39. The van der Waals surface area contributed by atoms with Gasteiger partial charge in [0.1, 0.15) is 5.69 Å². The molecule has 0 aliphatic heterocycles. The third-order valence-electron chi connectivity index (χ3n) is 3.87. The smallest absolute Gasteiger partial charge is 0.270 e. The van der Waals surface area contributed by atoms with Crippen LogP contribution in [0.15, 0.2) is 70.9 Å². The van der Waals surface area contributed by atoms with Gasteiger partial charge in [0.2, 0.25) is 0 Å². The molecule has 3 aromatic heterocycles. The lowest BCUT2D eigenvalue weighted by molar-refractivity contribution is 0.0950. The Labute approximate surface area is 154 Å². The number of rotatable bonds is 6. The Morgan fingerprint density at radius 2 is 2.08 bits per heavy atom. The van der Waals surface area contributed by atoms with Crippen molar-refractivity contribution in [1.29, 1.82) is 0 Å². The maximum absolute atomic E-state index is 12.2. The average molecular weight is 364 g/mol. The first-order valence-electron chi connectivity index (χ1n) is 8.16. The number of benzene rings is 1. The lowest BCUT2D eigenvalue weighted by atomic mass is 10.1. The van der Waals surface area contributed by atoms with E-state index < -0.39 is 0 Å². The summed E-state index contributed by atoms with van der Waals surface area (Å²) in [6.45, 7) is 0.549. The van der Waals surface area contributed by atoms with Crippen LogP contribution in [0, 0.1) is 0 Å². The predicted molar refractivity (Wildman–Crippen MR) is 99.4 cm³/mol. The minimum atomic E-state index is -0.174. The van der Waals surface area contributed by atoms with Gasteiger partial charge in [-0.05, 0) is 42.3 Å². The molecule has 4 aromatic rings. The molecule has 3 heterocycles. The highest BCUT2D eigenvalue weighted by atomic mass is 32.1. The van der Waals surface area contributed by atoms with Gasteiger partial charge < -0.3 is 9.73 Å². The number of carbonyl (C=O) groups is 1. The van der Waals surface area contributed by atoms with E-state index in [1.54, 1.807) is 23.9 Å². The summed E-state index contributed by atoms with van der Waals surface area (Å²) in [6, 6.07) is 13.6. The molecular weight excluding hydrogens is 348 g/mol. The van der Waals surface area contributed by atoms with Crippen LogP contribution in [0.2, 0.25) is 0 Å². The number of furan rings is 1. The highest BCUT2D eigenvalue weighted by Gasteiger charge is 2.12. The minimum absolute atomic E-state index is 0.174. The molecule has 0 unspecified atom stereocenters. The molecule has 0 saturated heterocycles. The number of hydrogen-bond donors (Lipinski definition) is 1. The standard InChI is InChI=1S/C19H16N4O2S/c24-18(16-13-26-19(22-16)17-3-1-12-25-17)20-10-8-14-4-6-15(7-5-14)23-11-2-9-21-23/h1-7,9,11-13H,8,10H2,(H,20,24). The summed E-state index contributed by atoms with van der Waals surface area (Å²) in [6.07, 6.45) is 5.99. The lowest BCUT2D eigenvalue weighted by Crippen LogP contribution is -2.25. The highest BCUT2D eigenvalue weighted by Crippen LogP contribution is 2.23. The van der Waals surface area contributed by atoms with Crippen molar-refractivity contribution in [2.75, 3.05) is 6.54 Å². The van der Waals surface area contributed by atoms with Crippen LogP contribution in [0.4, 0.5) is 0 Å². The topological polar surface area (TPSA) is 73.0 Å². The normalized spacial score (nSPS) is 10.8.